The molecule has 0 spiro atoms. The Morgan fingerprint density at radius 3 is 1.88 bits per heavy atom. The summed E-state index contributed by atoms with van der Waals surface area (Å²) in [6.45, 7) is 15.9. The normalized spacial score (nSPS) is 12.2. The molecule has 3 aromatic heterocycles. The van der Waals surface area contributed by atoms with Gasteiger partial charge >= 0.3 is 0 Å². The number of hydrogen-bond donors (Lipinski definition) is 0. The van der Waals surface area contributed by atoms with Crippen LogP contribution < -0.4 is 9.30 Å². The highest BCUT2D eigenvalue weighted by Gasteiger charge is 2.30. The molecule has 0 amide bonds. The Morgan fingerprint density at radius 2 is 1.15 bits per heavy atom. The van der Waals surface area contributed by atoms with Gasteiger partial charge in [0.15, 0.2) is 0 Å². The van der Waals surface area contributed by atoms with E-state index in [1.807, 2.05) is 12.3 Å². The minimum Gasteiger partial charge on any atom is -0.458 e. The van der Waals surface area contributed by atoms with Gasteiger partial charge < -0.3 is 4.74 Å². The number of aromatic nitrogens is 4. The quantitative estimate of drug-likeness (QED) is 0.102. The Labute approximate surface area is 382 Å². The van der Waals surface area contributed by atoms with E-state index in [1.54, 1.807) is 0 Å². The zero-order valence-electron chi connectivity index (χ0n) is 38.2. The number of fused-ring (bicyclic) bond motifs is 3. The topological polar surface area (TPSA) is 35.9 Å². The molecule has 65 heavy (non-hydrogen) atoms. The lowest BCUT2D eigenvalue weighted by atomic mass is 9.78. The SMILES string of the molecule is CC(C)(C)c1ccnc(-n2c3ccc(-c4ccccc4)cc3c3ccc(Oc4cccc(-n5[c-][n+](-c6cccc(C(C)(C)c7ccccc7)c6)cc5C(C)(C)c5ccccc5)c4)cc32)c1. The van der Waals surface area contributed by atoms with Crippen LogP contribution in [0.1, 0.15) is 76.4 Å². The second kappa shape index (κ2) is 16.2. The van der Waals surface area contributed by atoms with E-state index in [4.69, 9.17) is 9.72 Å². The number of pyridine rings is 1. The molecule has 0 fully saturated rings. The molecule has 5 heteroatoms. The predicted molar refractivity (Wildman–Crippen MR) is 266 cm³/mol. The van der Waals surface area contributed by atoms with Crippen molar-refractivity contribution in [3.05, 3.63) is 235 Å². The van der Waals surface area contributed by atoms with Crippen molar-refractivity contribution < 1.29 is 9.30 Å². The third kappa shape index (κ3) is 7.82. The molecule has 0 aliphatic rings. The van der Waals surface area contributed by atoms with Gasteiger partial charge in [0.25, 0.3) is 6.33 Å². The maximum absolute atomic E-state index is 6.84. The van der Waals surface area contributed by atoms with Crippen molar-refractivity contribution in [3.63, 3.8) is 0 Å². The first-order valence-electron chi connectivity index (χ1n) is 22.5. The van der Waals surface area contributed by atoms with Crippen LogP contribution >= 0.6 is 0 Å². The molecular weight excluding hydrogens is 793 g/mol. The van der Waals surface area contributed by atoms with E-state index >= 15 is 0 Å². The second-order valence-electron chi connectivity index (χ2n) is 19.2. The van der Waals surface area contributed by atoms with Gasteiger partial charge in [-0.1, -0.05) is 164 Å². The summed E-state index contributed by atoms with van der Waals surface area (Å²) < 4.78 is 13.4. The molecule has 10 aromatic rings. The predicted octanol–water partition coefficient (Wildman–Crippen LogP) is 14.5. The fraction of sp³-hybridized carbons (Fsp3) is 0.167. The summed E-state index contributed by atoms with van der Waals surface area (Å²) in [4.78, 5) is 4.95. The van der Waals surface area contributed by atoms with Crippen molar-refractivity contribution in [1.29, 1.82) is 0 Å². The molecule has 0 aliphatic carbocycles. The van der Waals surface area contributed by atoms with Crippen LogP contribution in [0.25, 0.3) is 50.1 Å². The van der Waals surface area contributed by atoms with Gasteiger partial charge in [-0.25, -0.2) is 4.98 Å². The molecule has 0 saturated carbocycles. The Kier molecular flexibility index (Phi) is 10.4. The average molecular weight is 847 g/mol. The maximum Gasteiger partial charge on any atom is 0.269 e. The smallest absolute Gasteiger partial charge is 0.269 e. The first-order valence-corrected chi connectivity index (χ1v) is 22.5. The van der Waals surface area contributed by atoms with Crippen molar-refractivity contribution in [2.75, 3.05) is 0 Å². The summed E-state index contributed by atoms with van der Waals surface area (Å²) in [5.41, 5.74) is 11.9. The zero-order chi connectivity index (χ0) is 44.9. The van der Waals surface area contributed by atoms with Crippen LogP contribution in [-0.2, 0) is 16.2 Å². The van der Waals surface area contributed by atoms with Crippen molar-refractivity contribution in [2.45, 2.75) is 64.7 Å². The Bertz CT molecular complexity index is 3320. The number of rotatable bonds is 10. The number of ether oxygens (including phenoxy) is 1. The van der Waals surface area contributed by atoms with E-state index in [-0.39, 0.29) is 16.2 Å². The molecular formula is C60H54N4O. The van der Waals surface area contributed by atoms with Gasteiger partial charge in [-0.3, -0.25) is 13.7 Å². The molecule has 0 N–H and O–H groups in total. The van der Waals surface area contributed by atoms with E-state index in [0.717, 1.165) is 56.2 Å². The van der Waals surface area contributed by atoms with Crippen LogP contribution in [0, 0.1) is 6.33 Å². The standard InChI is InChI=1S/C60H54N4O/c1-58(2,3)46-33-34-61-57(37-46)64-54-32-29-43(42-19-11-8-12-20-42)35-53(54)52-31-30-51(39-55(52)64)65-50-28-18-27-49(38-50)63-41-62(40-56(63)60(6,7)45-23-15-10-16-24-45)48-26-17-25-47(36-48)59(4,5)44-21-13-9-14-22-44/h8-40H,1-7H3. The molecule has 7 aromatic carbocycles. The fourth-order valence-electron chi connectivity index (χ4n) is 9.16. The van der Waals surface area contributed by atoms with E-state index < -0.39 is 0 Å². The average Bonchev–Trinajstić information content (AvgIpc) is 3.93. The van der Waals surface area contributed by atoms with Gasteiger partial charge in [0.05, 0.1) is 28.1 Å². The summed E-state index contributed by atoms with van der Waals surface area (Å²) in [6, 6.07) is 66.7. The number of imidazole rings is 1. The van der Waals surface area contributed by atoms with Crippen LogP contribution in [-0.4, -0.2) is 14.1 Å². The molecule has 3 heterocycles. The highest BCUT2D eigenvalue weighted by Crippen LogP contribution is 2.39. The van der Waals surface area contributed by atoms with E-state index in [1.165, 1.54) is 33.4 Å². The summed E-state index contributed by atoms with van der Waals surface area (Å²) in [6.07, 6.45) is 7.92. The van der Waals surface area contributed by atoms with Gasteiger partial charge in [-0.2, -0.15) is 0 Å². The lowest BCUT2D eigenvalue weighted by Crippen LogP contribution is -2.30. The molecule has 5 nitrogen and oxygen atoms in total. The molecule has 0 bridgehead atoms. The van der Waals surface area contributed by atoms with Gasteiger partial charge in [-0.15, -0.1) is 0 Å². The molecule has 0 aliphatic heterocycles. The van der Waals surface area contributed by atoms with E-state index in [0.29, 0.717) is 0 Å². The van der Waals surface area contributed by atoms with Crippen molar-refractivity contribution in [3.8, 4) is 39.8 Å². The van der Waals surface area contributed by atoms with E-state index in [2.05, 4.69) is 257 Å². The Balaban J connectivity index is 1.07. The lowest BCUT2D eigenvalue weighted by Gasteiger charge is -2.27. The summed E-state index contributed by atoms with van der Waals surface area (Å²) in [5.74, 6) is 2.35. The van der Waals surface area contributed by atoms with Crippen LogP contribution in [0.5, 0.6) is 11.5 Å². The second-order valence-corrected chi connectivity index (χ2v) is 19.2. The third-order valence-corrected chi connectivity index (χ3v) is 13.2. The first-order chi connectivity index (χ1) is 31.3. The summed E-state index contributed by atoms with van der Waals surface area (Å²) in [7, 11) is 0. The Hall–Kier alpha value is -7.50. The van der Waals surface area contributed by atoms with Crippen LogP contribution in [0.3, 0.4) is 0 Å². The van der Waals surface area contributed by atoms with Gasteiger partial charge in [0, 0.05) is 40.1 Å². The van der Waals surface area contributed by atoms with Crippen molar-refractivity contribution in [1.82, 2.24) is 14.1 Å². The minimum atomic E-state index is -0.363. The van der Waals surface area contributed by atoms with Gasteiger partial charge in [-0.05, 0) is 106 Å². The molecule has 0 atom stereocenters. The summed E-state index contributed by atoms with van der Waals surface area (Å²) >= 11 is 0. The number of nitrogens with zero attached hydrogens (tertiary/aromatic N) is 4. The highest BCUT2D eigenvalue weighted by atomic mass is 16.5. The number of benzene rings is 7. The third-order valence-electron chi connectivity index (χ3n) is 13.2. The maximum atomic E-state index is 6.84. The van der Waals surface area contributed by atoms with Crippen LogP contribution in [0.4, 0.5) is 0 Å². The molecule has 0 radical (unpaired) electrons. The Morgan fingerprint density at radius 1 is 0.492 bits per heavy atom. The lowest BCUT2D eigenvalue weighted by molar-refractivity contribution is -0.599. The number of hydrogen-bond acceptors (Lipinski definition) is 2. The van der Waals surface area contributed by atoms with Crippen LogP contribution in [0.15, 0.2) is 200 Å². The summed E-state index contributed by atoms with van der Waals surface area (Å²) in [5, 5.41) is 2.30. The molecule has 320 valence electrons. The van der Waals surface area contributed by atoms with E-state index in [9.17, 15) is 0 Å². The molecule has 0 saturated heterocycles. The van der Waals surface area contributed by atoms with Crippen molar-refractivity contribution >= 4 is 21.8 Å². The molecule has 10 rings (SSSR count). The van der Waals surface area contributed by atoms with Crippen molar-refractivity contribution in [2.24, 2.45) is 0 Å². The minimum absolute atomic E-state index is 0.0356. The highest BCUT2D eigenvalue weighted by molar-refractivity contribution is 6.10. The van der Waals surface area contributed by atoms with Gasteiger partial charge in [0.1, 0.15) is 17.3 Å². The fourth-order valence-corrected chi connectivity index (χ4v) is 9.16. The monoisotopic (exact) mass is 846 g/mol. The largest absolute Gasteiger partial charge is 0.458 e. The zero-order valence-corrected chi connectivity index (χ0v) is 38.2. The van der Waals surface area contributed by atoms with Gasteiger partial charge in [0.2, 0.25) is 0 Å². The first kappa shape index (κ1) is 41.5. The molecule has 0 unspecified atom stereocenters. The van der Waals surface area contributed by atoms with Crippen LogP contribution in [0.2, 0.25) is 0 Å².